The smallest absolute Gasteiger partial charge is 0.227 e. The standard InChI is InChI=1S/C21H27N5O2/c1-2-24-12-9-23-20(24)16-6-10-25(11-7-16)21(28)17-13-19(27)26(14-17)15-18-5-3-4-8-22-18/h3-5,8-9,12,16-17H,2,6-7,10-11,13-15H2,1H3. The van der Waals surface area contributed by atoms with Gasteiger partial charge in [-0.2, -0.15) is 0 Å². The Labute approximate surface area is 165 Å². The fourth-order valence-corrected chi connectivity index (χ4v) is 4.34. The highest BCUT2D eigenvalue weighted by Crippen LogP contribution is 2.29. The summed E-state index contributed by atoms with van der Waals surface area (Å²) in [6.45, 7) is 5.50. The lowest BCUT2D eigenvalue weighted by Crippen LogP contribution is -2.42. The van der Waals surface area contributed by atoms with E-state index in [0.717, 1.165) is 44.0 Å². The van der Waals surface area contributed by atoms with Gasteiger partial charge in [0.15, 0.2) is 0 Å². The number of aryl methyl sites for hydroxylation is 1. The number of carbonyl (C=O) groups is 2. The number of nitrogens with zero attached hydrogens (tertiary/aromatic N) is 5. The van der Waals surface area contributed by atoms with Crippen LogP contribution in [0.5, 0.6) is 0 Å². The van der Waals surface area contributed by atoms with E-state index in [0.29, 0.717) is 25.4 Å². The molecule has 0 spiro atoms. The normalized spacial score (nSPS) is 20.8. The van der Waals surface area contributed by atoms with Crippen LogP contribution in [0.4, 0.5) is 0 Å². The zero-order valence-corrected chi connectivity index (χ0v) is 16.3. The third-order valence-electron chi connectivity index (χ3n) is 5.90. The molecule has 0 aromatic carbocycles. The van der Waals surface area contributed by atoms with Gasteiger partial charge >= 0.3 is 0 Å². The minimum atomic E-state index is -0.231. The van der Waals surface area contributed by atoms with Crippen LogP contribution in [0.1, 0.15) is 43.6 Å². The molecule has 7 nitrogen and oxygen atoms in total. The first-order valence-corrected chi connectivity index (χ1v) is 10.1. The molecule has 2 amide bonds. The van der Waals surface area contributed by atoms with Crippen molar-refractivity contribution in [3.8, 4) is 0 Å². The zero-order valence-electron chi connectivity index (χ0n) is 16.3. The van der Waals surface area contributed by atoms with Gasteiger partial charge in [-0.3, -0.25) is 14.6 Å². The highest BCUT2D eigenvalue weighted by molar-refractivity contribution is 5.89. The van der Waals surface area contributed by atoms with Gasteiger partial charge in [0.25, 0.3) is 0 Å². The van der Waals surface area contributed by atoms with Crippen molar-refractivity contribution in [3.63, 3.8) is 0 Å². The molecule has 2 fully saturated rings. The molecule has 28 heavy (non-hydrogen) atoms. The van der Waals surface area contributed by atoms with Crippen molar-refractivity contribution in [1.29, 1.82) is 0 Å². The Morgan fingerprint density at radius 2 is 2.00 bits per heavy atom. The van der Waals surface area contributed by atoms with Gasteiger partial charge in [0.05, 0.1) is 18.2 Å². The van der Waals surface area contributed by atoms with E-state index in [1.165, 1.54) is 0 Å². The molecule has 7 heteroatoms. The van der Waals surface area contributed by atoms with Crippen LogP contribution in [0.2, 0.25) is 0 Å². The summed E-state index contributed by atoms with van der Waals surface area (Å²) in [4.78, 5) is 37.8. The third-order valence-corrected chi connectivity index (χ3v) is 5.90. The molecule has 2 saturated heterocycles. The fraction of sp³-hybridized carbons (Fsp3) is 0.524. The number of likely N-dealkylation sites (tertiary alicyclic amines) is 2. The minimum absolute atomic E-state index is 0.0452. The van der Waals surface area contributed by atoms with Crippen LogP contribution < -0.4 is 0 Å². The summed E-state index contributed by atoms with van der Waals surface area (Å²) < 4.78 is 2.19. The Kier molecular flexibility index (Phi) is 5.41. The number of imidazole rings is 1. The van der Waals surface area contributed by atoms with Crippen LogP contribution >= 0.6 is 0 Å². The van der Waals surface area contributed by atoms with Crippen molar-refractivity contribution in [1.82, 2.24) is 24.3 Å². The first-order chi connectivity index (χ1) is 13.7. The summed E-state index contributed by atoms with van der Waals surface area (Å²) in [6, 6.07) is 5.69. The molecule has 1 unspecified atom stereocenters. The van der Waals surface area contributed by atoms with E-state index in [2.05, 4.69) is 21.5 Å². The summed E-state index contributed by atoms with van der Waals surface area (Å²) in [5, 5.41) is 0. The van der Waals surface area contributed by atoms with Crippen molar-refractivity contribution in [2.45, 2.75) is 45.2 Å². The van der Waals surface area contributed by atoms with Crippen LogP contribution in [0.15, 0.2) is 36.8 Å². The third kappa shape index (κ3) is 3.79. The highest BCUT2D eigenvalue weighted by Gasteiger charge is 2.37. The SMILES string of the molecule is CCn1ccnc1C1CCN(C(=O)C2CC(=O)N(Cc3ccccn3)C2)CC1. The molecule has 0 radical (unpaired) electrons. The molecule has 0 saturated carbocycles. The monoisotopic (exact) mass is 381 g/mol. The first kappa shape index (κ1) is 18.7. The molecule has 2 aliphatic heterocycles. The lowest BCUT2D eigenvalue weighted by molar-refractivity contribution is -0.136. The average molecular weight is 381 g/mol. The predicted molar refractivity (Wildman–Crippen MR) is 104 cm³/mol. The van der Waals surface area contributed by atoms with Gasteiger partial charge in [-0.25, -0.2) is 4.98 Å². The fourth-order valence-electron chi connectivity index (χ4n) is 4.34. The molecule has 0 aliphatic carbocycles. The molecule has 1 atom stereocenters. The molecule has 2 aromatic heterocycles. The van der Waals surface area contributed by atoms with Crippen LogP contribution in [0.25, 0.3) is 0 Å². The van der Waals surface area contributed by atoms with E-state index in [1.807, 2.05) is 35.5 Å². The highest BCUT2D eigenvalue weighted by atomic mass is 16.2. The van der Waals surface area contributed by atoms with Gasteiger partial charge in [-0.05, 0) is 31.9 Å². The maximum Gasteiger partial charge on any atom is 0.227 e. The quantitative estimate of drug-likeness (QED) is 0.795. The average Bonchev–Trinajstić information content (AvgIpc) is 3.35. The van der Waals surface area contributed by atoms with E-state index < -0.39 is 0 Å². The van der Waals surface area contributed by atoms with Gasteiger partial charge in [-0.1, -0.05) is 6.07 Å². The van der Waals surface area contributed by atoms with Crippen molar-refractivity contribution >= 4 is 11.8 Å². The number of rotatable bonds is 5. The molecule has 0 bridgehead atoms. The van der Waals surface area contributed by atoms with E-state index >= 15 is 0 Å². The topological polar surface area (TPSA) is 71.3 Å². The summed E-state index contributed by atoms with van der Waals surface area (Å²) in [6.07, 6.45) is 7.78. The van der Waals surface area contributed by atoms with Crippen LogP contribution in [0.3, 0.4) is 0 Å². The van der Waals surface area contributed by atoms with Crippen molar-refractivity contribution in [2.24, 2.45) is 5.92 Å². The first-order valence-electron chi connectivity index (χ1n) is 10.1. The molecular formula is C21H27N5O2. The number of amides is 2. The second kappa shape index (κ2) is 8.12. The van der Waals surface area contributed by atoms with E-state index in [4.69, 9.17) is 0 Å². The van der Waals surface area contributed by atoms with Crippen molar-refractivity contribution in [3.05, 3.63) is 48.3 Å². The Balaban J connectivity index is 1.32. The van der Waals surface area contributed by atoms with Gasteiger partial charge in [-0.15, -0.1) is 0 Å². The van der Waals surface area contributed by atoms with Crippen LogP contribution in [-0.2, 0) is 22.7 Å². The predicted octanol–water partition coefficient (Wildman–Crippen LogP) is 2.05. The van der Waals surface area contributed by atoms with Crippen molar-refractivity contribution in [2.75, 3.05) is 19.6 Å². The Morgan fingerprint density at radius 1 is 1.18 bits per heavy atom. The second-order valence-corrected chi connectivity index (χ2v) is 7.67. The maximum absolute atomic E-state index is 13.0. The summed E-state index contributed by atoms with van der Waals surface area (Å²) >= 11 is 0. The number of hydrogen-bond acceptors (Lipinski definition) is 4. The molecule has 4 heterocycles. The number of pyridine rings is 1. The van der Waals surface area contributed by atoms with E-state index in [9.17, 15) is 9.59 Å². The molecule has 4 rings (SSSR count). The van der Waals surface area contributed by atoms with E-state index in [1.54, 1.807) is 11.1 Å². The number of hydrogen-bond donors (Lipinski definition) is 0. The molecule has 2 aliphatic rings. The summed E-state index contributed by atoms with van der Waals surface area (Å²) in [7, 11) is 0. The minimum Gasteiger partial charge on any atom is -0.342 e. The zero-order chi connectivity index (χ0) is 19.5. The van der Waals surface area contributed by atoms with Crippen molar-refractivity contribution < 1.29 is 9.59 Å². The maximum atomic E-state index is 13.0. The molecule has 0 N–H and O–H groups in total. The Bertz CT molecular complexity index is 826. The Hall–Kier alpha value is -2.70. The largest absolute Gasteiger partial charge is 0.342 e. The number of carbonyl (C=O) groups excluding carboxylic acids is 2. The van der Waals surface area contributed by atoms with Crippen LogP contribution in [0, 0.1) is 5.92 Å². The summed E-state index contributed by atoms with van der Waals surface area (Å²) in [5.74, 6) is 1.47. The lowest BCUT2D eigenvalue weighted by Gasteiger charge is -2.33. The summed E-state index contributed by atoms with van der Waals surface area (Å²) in [5.41, 5.74) is 0.858. The number of piperidine rings is 1. The molecular weight excluding hydrogens is 354 g/mol. The van der Waals surface area contributed by atoms with Gasteiger partial charge < -0.3 is 14.4 Å². The molecule has 148 valence electrons. The van der Waals surface area contributed by atoms with Gasteiger partial charge in [0.2, 0.25) is 11.8 Å². The van der Waals surface area contributed by atoms with Crippen LogP contribution in [-0.4, -0.2) is 55.8 Å². The number of aromatic nitrogens is 3. The van der Waals surface area contributed by atoms with Gasteiger partial charge in [0.1, 0.15) is 5.82 Å². The van der Waals surface area contributed by atoms with Gasteiger partial charge in [0, 0.05) is 57.1 Å². The second-order valence-electron chi connectivity index (χ2n) is 7.67. The Morgan fingerprint density at radius 3 is 2.71 bits per heavy atom. The lowest BCUT2D eigenvalue weighted by atomic mass is 9.94. The van der Waals surface area contributed by atoms with E-state index in [-0.39, 0.29) is 17.7 Å². The molecule has 2 aromatic rings.